The van der Waals surface area contributed by atoms with Gasteiger partial charge in [0.25, 0.3) is 0 Å². The van der Waals surface area contributed by atoms with Gasteiger partial charge < -0.3 is 9.88 Å². The van der Waals surface area contributed by atoms with E-state index in [2.05, 4.69) is 29.2 Å². The number of H-pyrrole nitrogens is 1. The predicted molar refractivity (Wildman–Crippen MR) is 63.8 cm³/mol. The Hall–Kier alpha value is -1.41. The highest BCUT2D eigenvalue weighted by molar-refractivity contribution is 6.31. The summed E-state index contributed by atoms with van der Waals surface area (Å²) in [5.74, 6) is 0. The highest BCUT2D eigenvalue weighted by atomic mass is 35.5. The van der Waals surface area contributed by atoms with Crippen molar-refractivity contribution in [2.45, 2.75) is 6.54 Å². The van der Waals surface area contributed by atoms with Crippen LogP contribution in [0.1, 0.15) is 11.3 Å². The van der Waals surface area contributed by atoms with Crippen molar-refractivity contribution in [1.82, 2.24) is 9.88 Å². The number of aromatic amines is 1. The SMILES string of the molecule is CN1C=Cc2c([nH]c3ccc(Cl)cc23)C1. The van der Waals surface area contributed by atoms with Gasteiger partial charge in [-0.3, -0.25) is 0 Å². The summed E-state index contributed by atoms with van der Waals surface area (Å²) in [6.45, 7) is 0.929. The molecule has 1 aromatic carbocycles. The molecular formula is C12H11ClN2. The lowest BCUT2D eigenvalue weighted by Crippen LogP contribution is -2.13. The Balaban J connectivity index is 2.31. The minimum Gasteiger partial charge on any atom is -0.375 e. The van der Waals surface area contributed by atoms with Crippen LogP contribution in [0.25, 0.3) is 17.0 Å². The van der Waals surface area contributed by atoms with Crippen molar-refractivity contribution in [2.24, 2.45) is 0 Å². The van der Waals surface area contributed by atoms with E-state index in [1.807, 2.05) is 18.2 Å². The summed E-state index contributed by atoms with van der Waals surface area (Å²) in [6.07, 6.45) is 4.23. The van der Waals surface area contributed by atoms with Gasteiger partial charge in [-0.05, 0) is 30.5 Å². The van der Waals surface area contributed by atoms with Crippen LogP contribution in [0.4, 0.5) is 0 Å². The Morgan fingerprint density at radius 1 is 1.40 bits per heavy atom. The number of aromatic nitrogens is 1. The standard InChI is InChI=1S/C12H11ClN2/c1-15-5-4-9-10-6-8(13)2-3-11(10)14-12(9)7-15/h2-6,14H,7H2,1H3. The summed E-state index contributed by atoms with van der Waals surface area (Å²) in [7, 11) is 2.07. The lowest BCUT2D eigenvalue weighted by Gasteiger charge is -2.17. The summed E-state index contributed by atoms with van der Waals surface area (Å²) < 4.78 is 0. The van der Waals surface area contributed by atoms with Crippen LogP contribution in [0.15, 0.2) is 24.4 Å². The van der Waals surface area contributed by atoms with E-state index in [1.165, 1.54) is 16.6 Å². The summed E-state index contributed by atoms with van der Waals surface area (Å²) in [6, 6.07) is 5.96. The molecule has 1 N–H and O–H groups in total. The minimum atomic E-state index is 0.789. The fourth-order valence-electron chi connectivity index (χ4n) is 2.06. The van der Waals surface area contributed by atoms with Gasteiger partial charge in [0, 0.05) is 34.2 Å². The second-order valence-electron chi connectivity index (χ2n) is 3.94. The monoisotopic (exact) mass is 218 g/mol. The molecule has 0 saturated carbocycles. The summed E-state index contributed by atoms with van der Waals surface area (Å²) in [5.41, 5.74) is 3.69. The molecule has 0 amide bonds. The summed E-state index contributed by atoms with van der Waals surface area (Å²) in [4.78, 5) is 5.57. The Morgan fingerprint density at radius 3 is 3.13 bits per heavy atom. The number of halogens is 1. The Labute approximate surface area is 93.1 Å². The Bertz CT molecular complexity index is 554. The number of nitrogens with one attached hydrogen (secondary N) is 1. The van der Waals surface area contributed by atoms with Gasteiger partial charge in [0.2, 0.25) is 0 Å². The second kappa shape index (κ2) is 3.04. The van der Waals surface area contributed by atoms with Crippen molar-refractivity contribution in [3.63, 3.8) is 0 Å². The third kappa shape index (κ3) is 1.33. The first kappa shape index (κ1) is 8.86. The molecule has 0 saturated heterocycles. The number of fused-ring (bicyclic) bond motifs is 3. The number of hydrogen-bond donors (Lipinski definition) is 1. The molecule has 3 heteroatoms. The van der Waals surface area contributed by atoms with Crippen LogP contribution >= 0.6 is 11.6 Å². The van der Waals surface area contributed by atoms with Gasteiger partial charge in [-0.15, -0.1) is 0 Å². The van der Waals surface area contributed by atoms with Gasteiger partial charge >= 0.3 is 0 Å². The van der Waals surface area contributed by atoms with E-state index in [0.29, 0.717) is 0 Å². The van der Waals surface area contributed by atoms with Crippen LogP contribution in [0, 0.1) is 0 Å². The summed E-state index contributed by atoms with van der Waals surface area (Å²) >= 11 is 6.00. The van der Waals surface area contributed by atoms with E-state index in [4.69, 9.17) is 11.6 Å². The van der Waals surface area contributed by atoms with E-state index in [1.54, 1.807) is 0 Å². The molecule has 0 atom stereocenters. The molecular weight excluding hydrogens is 208 g/mol. The fraction of sp³-hybridized carbons (Fsp3) is 0.167. The van der Waals surface area contributed by atoms with Gasteiger partial charge in [0.1, 0.15) is 0 Å². The Kier molecular flexibility index (Phi) is 1.80. The van der Waals surface area contributed by atoms with Gasteiger partial charge in [-0.1, -0.05) is 11.6 Å². The first-order valence-corrected chi connectivity index (χ1v) is 5.30. The maximum absolute atomic E-state index is 6.00. The zero-order valence-electron chi connectivity index (χ0n) is 8.42. The zero-order valence-corrected chi connectivity index (χ0v) is 9.17. The van der Waals surface area contributed by atoms with E-state index in [-0.39, 0.29) is 0 Å². The molecule has 1 aliphatic heterocycles. The van der Waals surface area contributed by atoms with Crippen molar-refractivity contribution in [2.75, 3.05) is 7.05 Å². The molecule has 0 aliphatic carbocycles. The molecule has 15 heavy (non-hydrogen) atoms. The molecule has 0 unspecified atom stereocenters. The van der Waals surface area contributed by atoms with E-state index in [9.17, 15) is 0 Å². The van der Waals surface area contributed by atoms with Gasteiger partial charge in [0.15, 0.2) is 0 Å². The molecule has 2 heterocycles. The van der Waals surface area contributed by atoms with Crippen LogP contribution in [-0.2, 0) is 6.54 Å². The van der Waals surface area contributed by atoms with Gasteiger partial charge in [-0.2, -0.15) is 0 Å². The lowest BCUT2D eigenvalue weighted by atomic mass is 10.1. The maximum Gasteiger partial charge on any atom is 0.0577 e. The normalized spacial score (nSPS) is 14.7. The number of rotatable bonds is 0. The van der Waals surface area contributed by atoms with Crippen LogP contribution < -0.4 is 0 Å². The van der Waals surface area contributed by atoms with Gasteiger partial charge in [0.05, 0.1) is 6.54 Å². The highest BCUT2D eigenvalue weighted by Crippen LogP contribution is 2.29. The molecule has 1 aliphatic rings. The van der Waals surface area contributed by atoms with E-state index in [0.717, 1.165) is 17.1 Å². The minimum absolute atomic E-state index is 0.789. The average molecular weight is 219 g/mol. The second-order valence-corrected chi connectivity index (χ2v) is 4.37. The van der Waals surface area contributed by atoms with Crippen molar-refractivity contribution >= 4 is 28.6 Å². The predicted octanol–water partition coefficient (Wildman–Crippen LogP) is 3.24. The van der Waals surface area contributed by atoms with Crippen LogP contribution in [0.2, 0.25) is 5.02 Å². The maximum atomic E-state index is 6.00. The van der Waals surface area contributed by atoms with Crippen LogP contribution in [0.5, 0.6) is 0 Å². The third-order valence-corrected chi connectivity index (χ3v) is 3.02. The molecule has 76 valence electrons. The van der Waals surface area contributed by atoms with E-state index >= 15 is 0 Å². The Morgan fingerprint density at radius 2 is 2.27 bits per heavy atom. The highest BCUT2D eigenvalue weighted by Gasteiger charge is 2.13. The first-order valence-electron chi connectivity index (χ1n) is 4.92. The first-order chi connectivity index (χ1) is 7.24. The smallest absolute Gasteiger partial charge is 0.0577 e. The molecule has 0 spiro atoms. The van der Waals surface area contributed by atoms with Crippen molar-refractivity contribution in [1.29, 1.82) is 0 Å². The molecule has 0 bridgehead atoms. The largest absolute Gasteiger partial charge is 0.375 e. The van der Waals surface area contributed by atoms with Crippen molar-refractivity contribution in [3.8, 4) is 0 Å². The fourth-order valence-corrected chi connectivity index (χ4v) is 2.23. The molecule has 2 aromatic rings. The van der Waals surface area contributed by atoms with Gasteiger partial charge in [-0.25, -0.2) is 0 Å². The van der Waals surface area contributed by atoms with E-state index < -0.39 is 0 Å². The molecule has 0 radical (unpaired) electrons. The van der Waals surface area contributed by atoms with Crippen LogP contribution in [-0.4, -0.2) is 16.9 Å². The number of nitrogens with zero attached hydrogens (tertiary/aromatic N) is 1. The van der Waals surface area contributed by atoms with Crippen LogP contribution in [0.3, 0.4) is 0 Å². The lowest BCUT2D eigenvalue weighted by molar-refractivity contribution is 0.442. The molecule has 0 fully saturated rings. The van der Waals surface area contributed by atoms with Crippen molar-refractivity contribution < 1.29 is 0 Å². The third-order valence-electron chi connectivity index (χ3n) is 2.79. The molecule has 3 rings (SSSR count). The number of benzene rings is 1. The molecule has 1 aromatic heterocycles. The molecule has 2 nitrogen and oxygen atoms in total. The zero-order chi connectivity index (χ0) is 10.4. The average Bonchev–Trinajstić information content (AvgIpc) is 2.54. The van der Waals surface area contributed by atoms with Crippen molar-refractivity contribution in [3.05, 3.63) is 40.7 Å². The topological polar surface area (TPSA) is 19.0 Å². The quantitative estimate of drug-likeness (QED) is 0.719. The summed E-state index contributed by atoms with van der Waals surface area (Å²) in [5, 5.41) is 2.00. The number of hydrogen-bond acceptors (Lipinski definition) is 1.